The number of hydrogen-bond donors (Lipinski definition) is 1. The van der Waals surface area contributed by atoms with E-state index in [1.54, 1.807) is 6.07 Å². The van der Waals surface area contributed by atoms with Gasteiger partial charge in [-0.1, -0.05) is 42.5 Å². The second kappa shape index (κ2) is 3.76. The number of alkyl halides is 1. The Labute approximate surface area is 81.8 Å². The summed E-state index contributed by atoms with van der Waals surface area (Å²) in [6, 6.07) is 13.2. The molecular weight excluding hydrogens is 179 g/mol. The molecule has 2 aromatic rings. The maximum absolute atomic E-state index is 12.4. The molecule has 14 heavy (non-hydrogen) atoms. The topological polar surface area (TPSA) is 20.2 Å². The number of rotatable bonds is 2. The van der Waals surface area contributed by atoms with Crippen molar-refractivity contribution in [2.75, 3.05) is 6.67 Å². The summed E-state index contributed by atoms with van der Waals surface area (Å²) in [4.78, 5) is 0. The highest BCUT2D eigenvalue weighted by Crippen LogP contribution is 2.24. The Morgan fingerprint density at radius 3 is 2.57 bits per heavy atom. The molecule has 0 heterocycles. The average Bonchev–Trinajstić information content (AvgIpc) is 2.27. The smallest absolute Gasteiger partial charge is 0.119 e. The van der Waals surface area contributed by atoms with Crippen LogP contribution in [0.25, 0.3) is 10.8 Å². The molecule has 0 aliphatic carbocycles. The molecule has 0 radical (unpaired) electrons. The lowest BCUT2D eigenvalue weighted by molar-refractivity contribution is 0.143. The third kappa shape index (κ3) is 1.49. The van der Waals surface area contributed by atoms with Gasteiger partial charge in [0.1, 0.15) is 12.8 Å². The van der Waals surface area contributed by atoms with Gasteiger partial charge in [-0.05, 0) is 16.3 Å². The van der Waals surface area contributed by atoms with E-state index in [2.05, 4.69) is 0 Å². The van der Waals surface area contributed by atoms with E-state index in [9.17, 15) is 9.50 Å². The molecule has 0 aromatic heterocycles. The lowest BCUT2D eigenvalue weighted by Crippen LogP contribution is -1.99. The van der Waals surface area contributed by atoms with Crippen molar-refractivity contribution in [1.29, 1.82) is 0 Å². The minimum absolute atomic E-state index is 0.658. The maximum atomic E-state index is 12.4. The quantitative estimate of drug-likeness (QED) is 0.772. The monoisotopic (exact) mass is 190 g/mol. The number of benzene rings is 2. The first-order valence-electron chi connectivity index (χ1n) is 4.54. The summed E-state index contributed by atoms with van der Waals surface area (Å²) in [7, 11) is 0. The lowest BCUT2D eigenvalue weighted by Gasteiger charge is -2.09. The Morgan fingerprint density at radius 2 is 1.79 bits per heavy atom. The molecule has 0 bridgehead atoms. The molecule has 2 aromatic carbocycles. The molecule has 2 rings (SSSR count). The zero-order valence-electron chi connectivity index (χ0n) is 7.65. The van der Waals surface area contributed by atoms with Crippen LogP contribution in [0.4, 0.5) is 4.39 Å². The van der Waals surface area contributed by atoms with Crippen molar-refractivity contribution in [2.45, 2.75) is 6.10 Å². The van der Waals surface area contributed by atoms with E-state index in [0.29, 0.717) is 5.56 Å². The van der Waals surface area contributed by atoms with E-state index in [4.69, 9.17) is 0 Å². The van der Waals surface area contributed by atoms with Gasteiger partial charge in [-0.2, -0.15) is 0 Å². The zero-order chi connectivity index (χ0) is 9.97. The molecule has 0 saturated carbocycles. The van der Waals surface area contributed by atoms with Crippen molar-refractivity contribution in [2.24, 2.45) is 0 Å². The Hall–Kier alpha value is -1.41. The van der Waals surface area contributed by atoms with E-state index < -0.39 is 12.8 Å². The average molecular weight is 190 g/mol. The molecule has 0 fully saturated rings. The minimum Gasteiger partial charge on any atom is -0.386 e. The molecule has 0 aliphatic rings. The van der Waals surface area contributed by atoms with E-state index in [0.717, 1.165) is 10.8 Å². The molecule has 0 amide bonds. The fourth-order valence-electron chi connectivity index (χ4n) is 1.62. The van der Waals surface area contributed by atoms with Crippen LogP contribution in [-0.4, -0.2) is 11.8 Å². The highest BCUT2D eigenvalue weighted by molar-refractivity contribution is 5.85. The molecule has 72 valence electrons. The van der Waals surface area contributed by atoms with Crippen LogP contribution in [0.1, 0.15) is 11.7 Å². The van der Waals surface area contributed by atoms with Crippen LogP contribution in [-0.2, 0) is 0 Å². The fraction of sp³-hybridized carbons (Fsp3) is 0.167. The first-order valence-corrected chi connectivity index (χ1v) is 4.54. The molecule has 1 N–H and O–H groups in total. The van der Waals surface area contributed by atoms with Crippen molar-refractivity contribution in [3.8, 4) is 0 Å². The molecule has 1 nitrogen and oxygen atoms in total. The summed E-state index contributed by atoms with van der Waals surface area (Å²) in [5.74, 6) is 0. The van der Waals surface area contributed by atoms with E-state index in [-0.39, 0.29) is 0 Å². The zero-order valence-corrected chi connectivity index (χ0v) is 7.65. The predicted octanol–water partition coefficient (Wildman–Crippen LogP) is 2.84. The van der Waals surface area contributed by atoms with Crippen molar-refractivity contribution < 1.29 is 9.50 Å². The van der Waals surface area contributed by atoms with Crippen LogP contribution in [0.2, 0.25) is 0 Å². The lowest BCUT2D eigenvalue weighted by atomic mass is 10.0. The van der Waals surface area contributed by atoms with E-state index >= 15 is 0 Å². The van der Waals surface area contributed by atoms with Crippen LogP contribution in [0, 0.1) is 0 Å². The fourth-order valence-corrected chi connectivity index (χ4v) is 1.62. The minimum atomic E-state index is -1.01. The Balaban J connectivity index is 2.65. The first kappa shape index (κ1) is 9.16. The molecule has 0 saturated heterocycles. The van der Waals surface area contributed by atoms with Crippen LogP contribution < -0.4 is 0 Å². The number of aliphatic hydroxyl groups excluding tert-OH is 1. The summed E-state index contributed by atoms with van der Waals surface area (Å²) in [5.41, 5.74) is 0.658. The molecule has 0 aliphatic heterocycles. The summed E-state index contributed by atoms with van der Waals surface area (Å²) >= 11 is 0. The van der Waals surface area contributed by atoms with Crippen molar-refractivity contribution in [3.63, 3.8) is 0 Å². The standard InChI is InChI=1S/C12H11FO/c13-8-12(14)11-7-3-5-9-4-1-2-6-10(9)11/h1-7,12,14H,8H2/t12-/m1/s1. The second-order valence-electron chi connectivity index (χ2n) is 3.24. The van der Waals surface area contributed by atoms with Crippen LogP contribution >= 0.6 is 0 Å². The van der Waals surface area contributed by atoms with E-state index in [1.165, 1.54) is 0 Å². The number of fused-ring (bicyclic) bond motifs is 1. The first-order chi connectivity index (χ1) is 6.83. The summed E-state index contributed by atoms with van der Waals surface area (Å²) in [6.07, 6.45) is -1.01. The van der Waals surface area contributed by atoms with Gasteiger partial charge in [0, 0.05) is 0 Å². The largest absolute Gasteiger partial charge is 0.386 e. The second-order valence-corrected chi connectivity index (χ2v) is 3.24. The van der Waals surface area contributed by atoms with E-state index in [1.807, 2.05) is 36.4 Å². The summed E-state index contributed by atoms with van der Waals surface area (Å²) in [6.45, 7) is -0.742. The molecule has 2 heteroatoms. The molecule has 0 spiro atoms. The third-order valence-corrected chi connectivity index (χ3v) is 2.33. The van der Waals surface area contributed by atoms with Gasteiger partial charge >= 0.3 is 0 Å². The van der Waals surface area contributed by atoms with Crippen molar-refractivity contribution >= 4 is 10.8 Å². The maximum Gasteiger partial charge on any atom is 0.119 e. The molecule has 0 unspecified atom stereocenters. The molecular formula is C12H11FO. The van der Waals surface area contributed by atoms with Gasteiger partial charge in [0.25, 0.3) is 0 Å². The highest BCUT2D eigenvalue weighted by atomic mass is 19.1. The normalized spacial score (nSPS) is 13.0. The van der Waals surface area contributed by atoms with Gasteiger partial charge in [-0.15, -0.1) is 0 Å². The predicted molar refractivity (Wildman–Crippen MR) is 54.9 cm³/mol. The van der Waals surface area contributed by atoms with Gasteiger partial charge in [-0.25, -0.2) is 4.39 Å². The van der Waals surface area contributed by atoms with Crippen LogP contribution in [0.3, 0.4) is 0 Å². The van der Waals surface area contributed by atoms with Crippen LogP contribution in [0.15, 0.2) is 42.5 Å². The van der Waals surface area contributed by atoms with Crippen molar-refractivity contribution in [3.05, 3.63) is 48.0 Å². The number of hydrogen-bond acceptors (Lipinski definition) is 1. The van der Waals surface area contributed by atoms with Gasteiger partial charge < -0.3 is 5.11 Å². The number of aliphatic hydroxyl groups is 1. The van der Waals surface area contributed by atoms with Crippen LogP contribution in [0.5, 0.6) is 0 Å². The van der Waals surface area contributed by atoms with Gasteiger partial charge in [-0.3, -0.25) is 0 Å². The summed E-state index contributed by atoms with van der Waals surface area (Å²) < 4.78 is 12.4. The van der Waals surface area contributed by atoms with Gasteiger partial charge in [0.2, 0.25) is 0 Å². The third-order valence-electron chi connectivity index (χ3n) is 2.33. The van der Waals surface area contributed by atoms with Gasteiger partial charge in [0.05, 0.1) is 0 Å². The highest BCUT2D eigenvalue weighted by Gasteiger charge is 2.09. The Kier molecular flexibility index (Phi) is 2.46. The molecule has 1 atom stereocenters. The van der Waals surface area contributed by atoms with Gasteiger partial charge in [0.15, 0.2) is 0 Å². The SMILES string of the molecule is O[C@H](CF)c1cccc2ccccc12. The Morgan fingerprint density at radius 1 is 1.07 bits per heavy atom. The number of halogens is 1. The summed E-state index contributed by atoms with van der Waals surface area (Å²) in [5, 5.41) is 11.4. The van der Waals surface area contributed by atoms with Crippen molar-refractivity contribution in [1.82, 2.24) is 0 Å². The Bertz CT molecular complexity index is 434.